The highest BCUT2D eigenvalue weighted by molar-refractivity contribution is 7.80. The number of nitrogens with two attached hydrogens (primary N) is 3. The number of carbonyl (C=O) groups is 22. The Morgan fingerprint density at radius 1 is 0.367 bits per heavy atom. The topological polar surface area (TPSA) is 885 Å². The van der Waals surface area contributed by atoms with Gasteiger partial charge < -0.3 is 157 Å². The molecule has 8 rings (SSSR count). The second-order valence-electron chi connectivity index (χ2n) is 35.4. The Balaban J connectivity index is 0.896. The summed E-state index contributed by atoms with van der Waals surface area (Å²) in [6.45, 7) is 3.74. The van der Waals surface area contributed by atoms with Crippen molar-refractivity contribution in [2.24, 2.45) is 29.0 Å². The fourth-order valence-electron chi connectivity index (χ4n) is 15.7. The van der Waals surface area contributed by atoms with Crippen LogP contribution < -0.4 is 102 Å². The van der Waals surface area contributed by atoms with Crippen LogP contribution in [-0.4, -0.2) is 357 Å². The van der Waals surface area contributed by atoms with Gasteiger partial charge in [-0.3, -0.25) is 101 Å². The molecule has 0 bridgehead atoms. The van der Waals surface area contributed by atoms with E-state index in [2.05, 4.69) is 158 Å². The lowest BCUT2D eigenvalue weighted by Crippen LogP contribution is -2.61. The molecule has 0 spiro atoms. The van der Waals surface area contributed by atoms with Crippen LogP contribution in [0.3, 0.4) is 0 Å². The maximum Gasteiger partial charge on any atom is 0.326 e. The third-order valence-corrected chi connectivity index (χ3v) is 23.9. The van der Waals surface area contributed by atoms with Crippen molar-refractivity contribution in [3.63, 3.8) is 0 Å². The first-order chi connectivity index (χ1) is 70.1. The first kappa shape index (κ1) is 116. The number of hydrogen-bond acceptors (Lipinski definition) is 31. The number of aliphatic carboxylic acids is 3. The van der Waals surface area contributed by atoms with Crippen LogP contribution in [0.1, 0.15) is 145 Å². The van der Waals surface area contributed by atoms with E-state index in [0.29, 0.717) is 19.3 Å². The quantitative estimate of drug-likeness (QED) is 0.0125. The summed E-state index contributed by atoms with van der Waals surface area (Å²) in [7, 11) is 0. The fourth-order valence-corrected chi connectivity index (χ4v) is 15.8. The Morgan fingerprint density at radius 3 is 1.05 bits per heavy atom. The maximum absolute atomic E-state index is 15.1. The van der Waals surface area contributed by atoms with Crippen molar-refractivity contribution >= 4 is 143 Å². The predicted molar refractivity (Wildman–Crippen MR) is 513 cm³/mol. The minimum absolute atomic E-state index is 0.0321. The van der Waals surface area contributed by atoms with Gasteiger partial charge in [0.15, 0.2) is 0 Å². The van der Waals surface area contributed by atoms with Crippen molar-refractivity contribution in [1.29, 1.82) is 0 Å². The van der Waals surface area contributed by atoms with Crippen LogP contribution in [0.5, 0.6) is 0 Å². The van der Waals surface area contributed by atoms with Gasteiger partial charge in [0.1, 0.15) is 84.6 Å². The number of carboxylic acids is 3. The third-order valence-electron chi connectivity index (χ3n) is 23.5. The van der Waals surface area contributed by atoms with Crippen LogP contribution >= 0.6 is 12.6 Å². The number of primary amides is 1. The van der Waals surface area contributed by atoms with Gasteiger partial charge in [-0.2, -0.15) is 12.6 Å². The molecule has 0 aliphatic carbocycles. The van der Waals surface area contributed by atoms with Crippen LogP contribution in [0, 0.1) is 11.8 Å². The number of amides is 19. The number of H-pyrrole nitrogens is 6. The second kappa shape index (κ2) is 58.6. The van der Waals surface area contributed by atoms with E-state index in [1.54, 1.807) is 27.7 Å². The standard InChI is InChI=1S/C88H127N33O25S/c1-44(2)72(119-86(143)73(45(3)4)118-68(125)35-99-84(141)63-10-7-20-121(63)87(144)64-11-8-19-120(64)69(126)36-101-74(131)52(90)37-147)85(142)100-34-67(124)109-54(13-16-70(127)128)76(133)110-53(9-5-6-18-89)75(132)98-33-66(123)108-55(14-17-71(129)130)77(134)111-56(12-15-65(91)122)78(135)112-57(21-46-27-92-38-102-46)79(136)113-58(22-47-28-93-39-103-47)80(137)114-59(23-48-29-94-40-104-48)81(138)115-60(24-49-30-95-41-105-49)82(139)116-61(25-50-31-96-42-106-50)83(140)117-62(88(145)146)26-51-32-97-43-107-51/h27-32,38-45,52-64,72-73,147H,5-26,33-37,89-90H2,1-4H3,(H2,91,122)(H,92,102)(H,93,103)(H,94,104)(H,95,105)(H,96,106)(H,97,107)(H,98,132)(H,99,141)(H,100,142)(H,101,131)(H,108,123)(H,109,124)(H,110,133)(H,111,134)(H,112,135)(H,113,136)(H,114,137)(H,115,138)(H,116,139)(H,117,140)(H,118,125)(H,119,143)(H,127,128)(H,129,130)(H,145,146)/t52-,53-,54-,55-,56-,57-,58-,59-,60-,61-,62-,63-,64-,72-,73-/m0/s1. The minimum Gasteiger partial charge on any atom is -0.481 e. The molecular weight excluding hydrogens is 1950 g/mol. The van der Waals surface area contributed by atoms with Crippen LogP contribution in [0.4, 0.5) is 0 Å². The number of carbonyl (C=O) groups excluding carboxylic acids is 19. The van der Waals surface area contributed by atoms with Gasteiger partial charge in [-0.05, 0) is 82.6 Å². The van der Waals surface area contributed by atoms with E-state index in [9.17, 15) is 111 Å². The average Bonchev–Trinajstić information content (AvgIpc) is 1.68. The van der Waals surface area contributed by atoms with Gasteiger partial charge in [-0.15, -0.1) is 0 Å². The van der Waals surface area contributed by atoms with Gasteiger partial charge in [-0.1, -0.05) is 27.7 Å². The van der Waals surface area contributed by atoms with Crippen molar-refractivity contribution in [2.75, 3.05) is 51.6 Å². The predicted octanol–water partition coefficient (Wildman–Crippen LogP) is -10.2. The first-order valence-electron chi connectivity index (χ1n) is 47.3. The van der Waals surface area contributed by atoms with Crippen molar-refractivity contribution in [3.05, 3.63) is 109 Å². The Bertz CT molecular complexity index is 5460. The summed E-state index contributed by atoms with van der Waals surface area (Å²) in [5.74, 6) is -23.9. The van der Waals surface area contributed by atoms with Gasteiger partial charge in [0, 0.05) is 114 Å². The Labute approximate surface area is 844 Å². The van der Waals surface area contributed by atoms with Gasteiger partial charge >= 0.3 is 17.9 Å². The molecule has 2 aliphatic rings. The average molecular weight is 2080 g/mol. The van der Waals surface area contributed by atoms with Gasteiger partial charge in [0.25, 0.3) is 0 Å². The lowest BCUT2D eigenvalue weighted by Gasteiger charge is -2.31. The number of likely N-dealkylation sites (tertiary alicyclic amines) is 2. The number of nitrogens with zero attached hydrogens (tertiary/aromatic N) is 8. The molecule has 58 nitrogen and oxygen atoms in total. The largest absolute Gasteiger partial charge is 0.481 e. The van der Waals surface area contributed by atoms with E-state index >= 15 is 9.59 Å². The maximum atomic E-state index is 15.1. The molecule has 800 valence electrons. The van der Waals surface area contributed by atoms with E-state index < -0.39 is 317 Å². The summed E-state index contributed by atoms with van der Waals surface area (Å²) in [6.07, 6.45) is 11.1. The highest BCUT2D eigenvalue weighted by Crippen LogP contribution is 2.26. The van der Waals surface area contributed by atoms with Crippen LogP contribution in [0.2, 0.25) is 0 Å². The normalized spacial score (nSPS) is 15.9. The van der Waals surface area contributed by atoms with E-state index in [1.807, 2.05) is 0 Å². The summed E-state index contributed by atoms with van der Waals surface area (Å²) in [5.41, 5.74) is 18.2. The smallest absolute Gasteiger partial charge is 0.326 e. The lowest BCUT2D eigenvalue weighted by molar-refractivity contribution is -0.146. The van der Waals surface area contributed by atoms with Crippen molar-refractivity contribution in [1.82, 2.24) is 155 Å². The molecule has 0 unspecified atom stereocenters. The third kappa shape index (κ3) is 38.2. The zero-order valence-electron chi connectivity index (χ0n) is 80.9. The van der Waals surface area contributed by atoms with E-state index in [0.717, 1.165) is 0 Å². The molecule has 6 aromatic heterocycles. The molecule has 19 amide bonds. The summed E-state index contributed by atoms with van der Waals surface area (Å²) >= 11 is 3.99. The van der Waals surface area contributed by atoms with E-state index in [4.69, 9.17) is 17.2 Å². The summed E-state index contributed by atoms with van der Waals surface area (Å²) in [5, 5.41) is 69.1. The molecule has 31 N–H and O–H groups in total. The highest BCUT2D eigenvalue weighted by atomic mass is 32.1. The number of aromatic nitrogens is 12. The van der Waals surface area contributed by atoms with Crippen molar-refractivity contribution in [3.8, 4) is 0 Å². The molecule has 0 saturated carbocycles. The molecule has 147 heavy (non-hydrogen) atoms. The van der Waals surface area contributed by atoms with Gasteiger partial charge in [0.2, 0.25) is 112 Å². The van der Waals surface area contributed by atoms with E-state index in [1.165, 1.54) is 84.9 Å². The molecule has 8 heterocycles. The van der Waals surface area contributed by atoms with Crippen molar-refractivity contribution in [2.45, 2.75) is 240 Å². The van der Waals surface area contributed by atoms with Gasteiger partial charge in [-0.25, -0.2) is 34.7 Å². The first-order valence-corrected chi connectivity index (χ1v) is 47.9. The SMILES string of the molecule is CC(C)[C@H](NC(=O)CNC(=O)[C@@H]1CCCN1C(=O)[C@@H]1CCCN1C(=O)CNC(=O)[C@@H](N)CS)C(=O)N[C@H](C(=O)NCC(=O)N[C@@H](CCC(=O)O)C(=O)N[C@@H](CCCCN)C(=O)NCC(=O)N[C@@H](CCC(=O)O)C(=O)N[C@@H](CCC(N)=O)C(=O)N[C@@H](Cc1c[nH]cn1)C(=O)N[C@@H](Cc1c[nH]cn1)C(=O)N[C@@H](Cc1c[nH]cn1)C(=O)N[C@@H](Cc1c[nH]cn1)C(=O)N[C@@H](Cc1c[nH]cn1)C(=O)N[C@@H](Cc1c[nH]cn1)C(=O)O)C(C)C. The number of hydrogen-bond donors (Lipinski definition) is 29. The second-order valence-corrected chi connectivity index (χ2v) is 35.8. The molecule has 0 radical (unpaired) electrons. The molecular formula is C88H127N33O25S. The number of rotatable bonds is 63. The van der Waals surface area contributed by atoms with Crippen LogP contribution in [-0.2, 0) is 144 Å². The number of aromatic amines is 6. The number of unbranched alkanes of at least 4 members (excludes halogenated alkanes) is 1. The lowest BCUT2D eigenvalue weighted by atomic mass is 9.99. The number of nitrogens with one attached hydrogen (secondary N) is 22. The Hall–Kier alpha value is -16.1. The summed E-state index contributed by atoms with van der Waals surface area (Å²) in [4.78, 5) is 346. The monoisotopic (exact) mass is 2080 g/mol. The zero-order valence-corrected chi connectivity index (χ0v) is 81.8. The number of thiol groups is 1. The number of imidazole rings is 6. The molecule has 15 atom stereocenters. The molecule has 59 heteroatoms. The fraction of sp³-hybridized carbons (Fsp3) is 0.545. The molecule has 2 fully saturated rings. The molecule has 6 aromatic rings. The molecule has 2 aliphatic heterocycles. The highest BCUT2D eigenvalue weighted by Gasteiger charge is 2.45. The molecule has 0 aromatic carbocycles. The van der Waals surface area contributed by atoms with Crippen LogP contribution in [0.15, 0.2) is 75.1 Å². The Morgan fingerprint density at radius 2 is 0.687 bits per heavy atom. The van der Waals surface area contributed by atoms with Crippen molar-refractivity contribution < 1.29 is 121 Å². The number of carboxylic acid groups (broad SMARTS) is 3. The summed E-state index contributed by atoms with van der Waals surface area (Å²) in [6, 6.07) is -22.7. The minimum atomic E-state index is -1.89. The zero-order chi connectivity index (χ0) is 108. The van der Waals surface area contributed by atoms with E-state index in [-0.39, 0.29) is 104 Å². The molecule has 2 saturated heterocycles. The van der Waals surface area contributed by atoms with Gasteiger partial charge in [0.05, 0.1) is 104 Å². The Kier molecular flexibility index (Phi) is 46.3. The van der Waals surface area contributed by atoms with Crippen LogP contribution in [0.25, 0.3) is 0 Å². The summed E-state index contributed by atoms with van der Waals surface area (Å²) < 4.78 is 0.